The number of nitrogens with zero attached hydrogens (tertiary/aromatic N) is 5. The molecule has 0 spiro atoms. The van der Waals surface area contributed by atoms with E-state index in [-0.39, 0.29) is 11.4 Å². The van der Waals surface area contributed by atoms with E-state index >= 15 is 0 Å². The summed E-state index contributed by atoms with van der Waals surface area (Å²) in [5.74, 6) is 0.158. The van der Waals surface area contributed by atoms with Gasteiger partial charge in [-0.15, -0.1) is 0 Å². The predicted octanol–water partition coefficient (Wildman–Crippen LogP) is 3.06. The Balaban J connectivity index is 0.00000149. The van der Waals surface area contributed by atoms with E-state index in [4.69, 9.17) is 11.1 Å². The van der Waals surface area contributed by atoms with Gasteiger partial charge in [0.2, 0.25) is 0 Å². The molecular formula is C23H30FN7OS. The Bertz CT molecular complexity index is 1160. The molecule has 33 heavy (non-hydrogen) atoms. The Morgan fingerprint density at radius 1 is 1.15 bits per heavy atom. The smallest absolute Gasteiger partial charge is 0.147 e. The minimum Gasteiger partial charge on any atom is -0.396 e. The van der Waals surface area contributed by atoms with E-state index in [0.717, 1.165) is 11.4 Å². The summed E-state index contributed by atoms with van der Waals surface area (Å²) in [5, 5.41) is 12.8. The van der Waals surface area contributed by atoms with Crippen molar-refractivity contribution in [3.8, 4) is 11.1 Å². The quantitative estimate of drug-likeness (QED) is 0.440. The van der Waals surface area contributed by atoms with Crippen LogP contribution in [-0.2, 0) is 18.0 Å². The molecule has 0 bridgehead atoms. The third-order valence-electron chi connectivity index (χ3n) is 5.40. The first-order valence-corrected chi connectivity index (χ1v) is 12.3. The zero-order valence-corrected chi connectivity index (χ0v) is 20.2. The highest BCUT2D eigenvalue weighted by atomic mass is 32.2. The van der Waals surface area contributed by atoms with Crippen LogP contribution in [-0.4, -0.2) is 61.4 Å². The largest absolute Gasteiger partial charge is 0.396 e. The molecule has 3 aromatic rings. The Morgan fingerprint density at radius 2 is 1.85 bits per heavy atom. The van der Waals surface area contributed by atoms with E-state index < -0.39 is 16.8 Å². The van der Waals surface area contributed by atoms with Gasteiger partial charge in [0.25, 0.3) is 0 Å². The van der Waals surface area contributed by atoms with Crippen molar-refractivity contribution in [1.82, 2.24) is 19.1 Å². The molecule has 2 aromatic heterocycles. The fourth-order valence-electron chi connectivity index (χ4n) is 3.64. The first-order valence-electron chi connectivity index (χ1n) is 10.8. The van der Waals surface area contributed by atoms with Crippen molar-refractivity contribution in [2.75, 3.05) is 43.1 Å². The van der Waals surface area contributed by atoms with Crippen molar-refractivity contribution >= 4 is 28.2 Å². The van der Waals surface area contributed by atoms with Crippen LogP contribution in [0, 0.1) is 11.2 Å². The van der Waals surface area contributed by atoms with E-state index in [9.17, 15) is 8.60 Å². The molecule has 176 valence electrons. The van der Waals surface area contributed by atoms with Gasteiger partial charge in [0, 0.05) is 68.6 Å². The average Bonchev–Trinajstić information content (AvgIpc) is 3.28. The molecule has 1 atom stereocenters. The lowest BCUT2D eigenvalue weighted by atomic mass is 9.97. The molecule has 1 fully saturated rings. The van der Waals surface area contributed by atoms with Crippen molar-refractivity contribution in [2.24, 2.45) is 7.05 Å². The summed E-state index contributed by atoms with van der Waals surface area (Å²) >= 11 is 0. The second-order valence-corrected chi connectivity index (χ2v) is 8.80. The summed E-state index contributed by atoms with van der Waals surface area (Å²) < 4.78 is 29.8. The van der Waals surface area contributed by atoms with Crippen LogP contribution in [0.2, 0.25) is 0 Å². The fourth-order valence-corrected chi connectivity index (χ4v) is 4.32. The molecule has 1 saturated heterocycles. The van der Waals surface area contributed by atoms with E-state index in [1.807, 2.05) is 24.2 Å². The first kappa shape index (κ1) is 24.5. The number of hydrogen-bond acceptors (Lipinski definition) is 6. The van der Waals surface area contributed by atoms with Crippen LogP contribution in [0.3, 0.4) is 0 Å². The number of aryl methyl sites for hydroxylation is 1. The minimum atomic E-state index is -0.985. The lowest BCUT2D eigenvalue weighted by Crippen LogP contribution is -2.47. The number of nitrogen functional groups attached to an aromatic ring is 1. The number of nitrogens with two attached hydrogens (primary N) is 1. The summed E-state index contributed by atoms with van der Waals surface area (Å²) in [6, 6.07) is 6.61. The molecule has 1 aliphatic rings. The first-order chi connectivity index (χ1) is 15.8. The molecule has 10 heteroatoms. The van der Waals surface area contributed by atoms with Gasteiger partial charge in [-0.2, -0.15) is 5.10 Å². The summed E-state index contributed by atoms with van der Waals surface area (Å²) in [4.78, 5) is 6.53. The molecule has 0 radical (unpaired) electrons. The average molecular weight is 472 g/mol. The molecule has 0 amide bonds. The normalized spacial score (nSPS) is 15.0. The molecule has 1 unspecified atom stereocenters. The zero-order chi connectivity index (χ0) is 24.1. The highest BCUT2D eigenvalue weighted by molar-refractivity contribution is 7.81. The van der Waals surface area contributed by atoms with Crippen LogP contribution in [0.4, 0.5) is 15.9 Å². The number of rotatable bonds is 5. The molecular weight excluding hydrogens is 441 g/mol. The van der Waals surface area contributed by atoms with Crippen LogP contribution < -0.4 is 10.6 Å². The number of anilines is 2. The molecule has 8 nitrogen and oxygen atoms in total. The maximum Gasteiger partial charge on any atom is 0.147 e. The predicted molar refractivity (Wildman–Crippen MR) is 132 cm³/mol. The van der Waals surface area contributed by atoms with Gasteiger partial charge in [0.15, 0.2) is 0 Å². The van der Waals surface area contributed by atoms with Crippen LogP contribution >= 0.6 is 0 Å². The standard InChI is InChI=1S/C21H24FN7OS.C2H6/c1-27-13-16(12-26-27)15-9-17(21(24)18(22)10-15)20(23)14-3-4-25-19(11-14)28-5-7-29(8-6-28)31(2)30;1-2/h3-4,9-13,23H,5-8,24H2,1-2H3;1-2H3. The van der Waals surface area contributed by atoms with Crippen molar-refractivity contribution < 1.29 is 8.60 Å². The van der Waals surface area contributed by atoms with Gasteiger partial charge in [-0.05, 0) is 29.8 Å². The number of pyridine rings is 1. The summed E-state index contributed by atoms with van der Waals surface area (Å²) in [5.41, 5.74) is 8.34. The molecule has 1 aliphatic heterocycles. The topological polar surface area (TPSA) is 104 Å². The number of aromatic nitrogens is 3. The van der Waals surface area contributed by atoms with Crippen LogP contribution in [0.15, 0.2) is 42.9 Å². The Kier molecular flexibility index (Phi) is 7.93. The van der Waals surface area contributed by atoms with Crippen molar-refractivity contribution in [1.29, 1.82) is 5.41 Å². The third-order valence-corrected chi connectivity index (χ3v) is 6.49. The second-order valence-electron chi connectivity index (χ2n) is 7.44. The number of halogens is 1. The van der Waals surface area contributed by atoms with Gasteiger partial charge in [0.05, 0.1) is 28.6 Å². The van der Waals surface area contributed by atoms with E-state index in [0.29, 0.717) is 42.9 Å². The van der Waals surface area contributed by atoms with Crippen molar-refractivity contribution in [3.63, 3.8) is 0 Å². The maximum absolute atomic E-state index is 14.6. The van der Waals surface area contributed by atoms with E-state index in [2.05, 4.69) is 15.0 Å². The lowest BCUT2D eigenvalue weighted by molar-refractivity contribution is 0.411. The molecule has 0 aliphatic carbocycles. The molecule has 4 rings (SSSR count). The van der Waals surface area contributed by atoms with Gasteiger partial charge in [0.1, 0.15) is 11.6 Å². The molecule has 3 heterocycles. The summed E-state index contributed by atoms with van der Waals surface area (Å²) in [6.07, 6.45) is 6.75. The zero-order valence-electron chi connectivity index (χ0n) is 19.4. The van der Waals surface area contributed by atoms with Gasteiger partial charge in [-0.3, -0.25) is 10.1 Å². The Morgan fingerprint density at radius 3 is 2.45 bits per heavy atom. The maximum atomic E-state index is 14.6. The second kappa shape index (κ2) is 10.7. The number of hydrogen-bond donors (Lipinski definition) is 2. The molecule has 3 N–H and O–H groups in total. The van der Waals surface area contributed by atoms with E-state index in [1.54, 1.807) is 48.7 Å². The molecule has 0 saturated carbocycles. The Hall–Kier alpha value is -3.11. The van der Waals surface area contributed by atoms with Crippen LogP contribution in [0.1, 0.15) is 25.0 Å². The highest BCUT2D eigenvalue weighted by Gasteiger charge is 2.21. The molecule has 1 aromatic carbocycles. The van der Waals surface area contributed by atoms with Gasteiger partial charge in [-0.25, -0.2) is 17.9 Å². The minimum absolute atomic E-state index is 0.0601. The monoisotopic (exact) mass is 471 g/mol. The van der Waals surface area contributed by atoms with E-state index in [1.165, 1.54) is 6.07 Å². The summed E-state index contributed by atoms with van der Waals surface area (Å²) in [6.45, 7) is 6.74. The van der Waals surface area contributed by atoms with Gasteiger partial charge >= 0.3 is 0 Å². The van der Waals surface area contributed by atoms with Gasteiger partial charge in [-0.1, -0.05) is 13.8 Å². The van der Waals surface area contributed by atoms with Crippen molar-refractivity contribution in [2.45, 2.75) is 13.8 Å². The van der Waals surface area contributed by atoms with Crippen molar-refractivity contribution in [3.05, 3.63) is 59.8 Å². The van der Waals surface area contributed by atoms with Crippen LogP contribution in [0.5, 0.6) is 0 Å². The number of piperazine rings is 1. The lowest BCUT2D eigenvalue weighted by Gasteiger charge is -2.33. The number of nitrogens with one attached hydrogen (secondary N) is 1. The third kappa shape index (κ3) is 5.45. The SMILES string of the molecule is CC.Cn1cc(-c2cc(F)c(N)c(C(=N)c3ccnc(N4CCN(S(C)=O)CC4)c3)c2)cn1. The summed E-state index contributed by atoms with van der Waals surface area (Å²) in [7, 11) is 0.803. The number of benzene rings is 1. The fraction of sp³-hybridized carbons (Fsp3) is 0.348. The Labute approximate surface area is 196 Å². The van der Waals surface area contributed by atoms with Gasteiger partial charge < -0.3 is 10.6 Å². The highest BCUT2D eigenvalue weighted by Crippen LogP contribution is 2.28. The van der Waals surface area contributed by atoms with Crippen LogP contribution in [0.25, 0.3) is 11.1 Å².